The number of carbonyl (C=O) groups excluding carboxylic acids is 2. The zero-order chi connectivity index (χ0) is 11.7. The van der Waals surface area contributed by atoms with Crippen molar-refractivity contribution in [2.45, 2.75) is 6.92 Å². The molecule has 0 saturated carbocycles. The Morgan fingerprint density at radius 1 is 1.38 bits per heavy atom. The number of halogens is 1. The van der Waals surface area contributed by atoms with E-state index < -0.39 is 0 Å². The fourth-order valence-corrected chi connectivity index (χ4v) is 1.59. The molecule has 4 nitrogen and oxygen atoms in total. The van der Waals surface area contributed by atoms with Crippen LogP contribution in [-0.4, -0.2) is 24.9 Å². The highest BCUT2D eigenvalue weighted by Gasteiger charge is 2.24. The molecule has 1 saturated heterocycles. The number of carbonyl (C=O) groups is 2. The van der Waals surface area contributed by atoms with Crippen molar-refractivity contribution in [2.75, 3.05) is 18.0 Å². The van der Waals surface area contributed by atoms with Crippen LogP contribution < -0.4 is 10.2 Å². The first kappa shape index (κ1) is 10.6. The number of hydrogen-bond donors (Lipinski definition) is 1. The SMILES string of the molecule is Cc1cc(N2CC(=O)NCC2=O)ccc1F. The van der Waals surface area contributed by atoms with Gasteiger partial charge in [0, 0.05) is 5.69 Å². The van der Waals surface area contributed by atoms with Gasteiger partial charge in [0.25, 0.3) is 0 Å². The number of nitrogens with zero attached hydrogens (tertiary/aromatic N) is 1. The third kappa shape index (κ3) is 1.88. The molecule has 1 N–H and O–H groups in total. The van der Waals surface area contributed by atoms with Crippen LogP contribution in [0.4, 0.5) is 10.1 Å². The predicted octanol–water partition coefficient (Wildman–Crippen LogP) is 0.597. The van der Waals surface area contributed by atoms with Crippen LogP contribution in [0.5, 0.6) is 0 Å². The highest BCUT2D eigenvalue weighted by Crippen LogP contribution is 2.19. The van der Waals surface area contributed by atoms with Crippen molar-refractivity contribution in [1.29, 1.82) is 0 Å². The molecule has 0 unspecified atom stereocenters. The number of aryl methyl sites for hydroxylation is 1. The molecular formula is C11H11FN2O2. The van der Waals surface area contributed by atoms with Crippen LogP contribution in [0.2, 0.25) is 0 Å². The summed E-state index contributed by atoms with van der Waals surface area (Å²) in [6, 6.07) is 4.36. The van der Waals surface area contributed by atoms with E-state index in [-0.39, 0.29) is 30.7 Å². The average molecular weight is 222 g/mol. The second-order valence-corrected chi connectivity index (χ2v) is 3.69. The molecule has 2 amide bonds. The fraction of sp³-hybridized carbons (Fsp3) is 0.273. The summed E-state index contributed by atoms with van der Waals surface area (Å²) in [5.41, 5.74) is 1.01. The molecule has 1 aliphatic rings. The summed E-state index contributed by atoms with van der Waals surface area (Å²) >= 11 is 0. The zero-order valence-corrected chi connectivity index (χ0v) is 8.79. The Hall–Kier alpha value is -1.91. The molecule has 0 spiro atoms. The van der Waals surface area contributed by atoms with Gasteiger partial charge in [-0.1, -0.05) is 0 Å². The Balaban J connectivity index is 2.31. The summed E-state index contributed by atoms with van der Waals surface area (Å²) in [5.74, 6) is -0.718. The van der Waals surface area contributed by atoms with Gasteiger partial charge in [-0.15, -0.1) is 0 Å². The zero-order valence-electron chi connectivity index (χ0n) is 8.79. The summed E-state index contributed by atoms with van der Waals surface area (Å²) in [6.45, 7) is 1.60. The van der Waals surface area contributed by atoms with Gasteiger partial charge in [0.1, 0.15) is 12.4 Å². The van der Waals surface area contributed by atoms with E-state index in [0.29, 0.717) is 11.3 Å². The molecule has 1 aromatic carbocycles. The van der Waals surface area contributed by atoms with Gasteiger partial charge in [-0.25, -0.2) is 4.39 Å². The molecule has 1 heterocycles. The molecular weight excluding hydrogens is 211 g/mol. The molecule has 0 atom stereocenters. The molecule has 1 fully saturated rings. The normalized spacial score (nSPS) is 16.2. The molecule has 5 heteroatoms. The van der Waals surface area contributed by atoms with E-state index in [1.165, 1.54) is 17.0 Å². The first-order chi connectivity index (χ1) is 7.58. The highest BCUT2D eigenvalue weighted by molar-refractivity contribution is 6.04. The third-order valence-corrected chi connectivity index (χ3v) is 2.49. The number of nitrogens with one attached hydrogen (secondary N) is 1. The lowest BCUT2D eigenvalue weighted by Crippen LogP contribution is -2.51. The number of anilines is 1. The first-order valence-corrected chi connectivity index (χ1v) is 4.91. The molecule has 1 aliphatic heterocycles. The minimum atomic E-state index is -0.322. The van der Waals surface area contributed by atoms with E-state index in [2.05, 4.69) is 5.32 Å². The Morgan fingerprint density at radius 2 is 2.12 bits per heavy atom. The Bertz CT molecular complexity index is 459. The number of piperazine rings is 1. The van der Waals surface area contributed by atoms with E-state index in [0.717, 1.165) is 0 Å². The largest absolute Gasteiger partial charge is 0.345 e. The lowest BCUT2D eigenvalue weighted by atomic mass is 10.2. The van der Waals surface area contributed by atoms with Gasteiger partial charge in [0.2, 0.25) is 11.8 Å². The van der Waals surface area contributed by atoms with Crippen LogP contribution in [0.1, 0.15) is 5.56 Å². The second kappa shape index (κ2) is 3.92. The van der Waals surface area contributed by atoms with Gasteiger partial charge in [0.15, 0.2) is 0 Å². The van der Waals surface area contributed by atoms with Crippen LogP contribution in [0.25, 0.3) is 0 Å². The van der Waals surface area contributed by atoms with E-state index >= 15 is 0 Å². The molecule has 0 bridgehead atoms. The van der Waals surface area contributed by atoms with Gasteiger partial charge >= 0.3 is 0 Å². The topological polar surface area (TPSA) is 49.4 Å². The van der Waals surface area contributed by atoms with Gasteiger partial charge < -0.3 is 10.2 Å². The van der Waals surface area contributed by atoms with Crippen molar-refractivity contribution in [3.05, 3.63) is 29.6 Å². The van der Waals surface area contributed by atoms with Gasteiger partial charge in [-0.2, -0.15) is 0 Å². The number of rotatable bonds is 1. The van der Waals surface area contributed by atoms with E-state index in [4.69, 9.17) is 0 Å². The monoisotopic (exact) mass is 222 g/mol. The van der Waals surface area contributed by atoms with Crippen molar-refractivity contribution >= 4 is 17.5 Å². The number of hydrogen-bond acceptors (Lipinski definition) is 2. The molecule has 16 heavy (non-hydrogen) atoms. The van der Waals surface area contributed by atoms with Crippen LogP contribution in [-0.2, 0) is 9.59 Å². The van der Waals surface area contributed by atoms with Crippen LogP contribution in [0.15, 0.2) is 18.2 Å². The molecule has 0 aromatic heterocycles. The molecule has 0 radical (unpaired) electrons. The Kier molecular flexibility index (Phi) is 2.60. The van der Waals surface area contributed by atoms with Gasteiger partial charge in [-0.05, 0) is 30.7 Å². The predicted molar refractivity (Wildman–Crippen MR) is 56.5 cm³/mol. The van der Waals surface area contributed by atoms with Crippen LogP contribution in [0, 0.1) is 12.7 Å². The summed E-state index contributed by atoms with van der Waals surface area (Å²) in [4.78, 5) is 24.1. The van der Waals surface area contributed by atoms with Crippen LogP contribution >= 0.6 is 0 Å². The third-order valence-electron chi connectivity index (χ3n) is 2.49. The summed E-state index contributed by atoms with van der Waals surface area (Å²) in [5, 5.41) is 2.45. The minimum absolute atomic E-state index is 0.00470. The first-order valence-electron chi connectivity index (χ1n) is 4.91. The molecule has 1 aromatic rings. The van der Waals surface area contributed by atoms with Gasteiger partial charge in [-0.3, -0.25) is 9.59 Å². The van der Waals surface area contributed by atoms with Crippen molar-refractivity contribution in [3.8, 4) is 0 Å². The lowest BCUT2D eigenvalue weighted by Gasteiger charge is -2.26. The van der Waals surface area contributed by atoms with E-state index in [9.17, 15) is 14.0 Å². The maximum Gasteiger partial charge on any atom is 0.246 e. The highest BCUT2D eigenvalue weighted by atomic mass is 19.1. The number of amides is 2. The van der Waals surface area contributed by atoms with Crippen molar-refractivity contribution in [1.82, 2.24) is 5.32 Å². The molecule has 2 rings (SSSR count). The van der Waals surface area contributed by atoms with E-state index in [1.54, 1.807) is 13.0 Å². The minimum Gasteiger partial charge on any atom is -0.345 e. The van der Waals surface area contributed by atoms with E-state index in [1.807, 2.05) is 0 Å². The lowest BCUT2D eigenvalue weighted by molar-refractivity contribution is -0.128. The molecule has 0 aliphatic carbocycles. The smallest absolute Gasteiger partial charge is 0.246 e. The summed E-state index contributed by atoms with van der Waals surface area (Å²) in [6.07, 6.45) is 0. The van der Waals surface area contributed by atoms with Gasteiger partial charge in [0.05, 0.1) is 6.54 Å². The second-order valence-electron chi connectivity index (χ2n) is 3.69. The summed E-state index contributed by atoms with van der Waals surface area (Å²) in [7, 11) is 0. The maximum atomic E-state index is 13.1. The average Bonchev–Trinajstić information content (AvgIpc) is 2.26. The maximum absolute atomic E-state index is 13.1. The Labute approximate surface area is 92.0 Å². The number of benzene rings is 1. The van der Waals surface area contributed by atoms with Crippen molar-refractivity contribution in [3.63, 3.8) is 0 Å². The van der Waals surface area contributed by atoms with Crippen molar-refractivity contribution in [2.24, 2.45) is 0 Å². The molecule has 84 valence electrons. The summed E-state index contributed by atoms with van der Waals surface area (Å²) < 4.78 is 13.1. The Morgan fingerprint density at radius 3 is 2.81 bits per heavy atom. The fourth-order valence-electron chi connectivity index (χ4n) is 1.59. The van der Waals surface area contributed by atoms with Crippen molar-refractivity contribution < 1.29 is 14.0 Å². The standard InChI is InChI=1S/C11H11FN2O2/c1-7-4-8(2-3-9(7)12)14-6-10(15)13-5-11(14)16/h2-4H,5-6H2,1H3,(H,13,15). The van der Waals surface area contributed by atoms with Crippen LogP contribution in [0.3, 0.4) is 0 Å². The quantitative estimate of drug-likeness (QED) is 0.756.